The Morgan fingerprint density at radius 2 is 2.08 bits per heavy atom. The average molecular weight is 346 g/mol. The van der Waals surface area contributed by atoms with E-state index in [1.165, 1.54) is 12.1 Å². The van der Waals surface area contributed by atoms with Crippen molar-refractivity contribution in [2.24, 2.45) is 5.92 Å². The lowest BCUT2D eigenvalue weighted by atomic mass is 10.1. The van der Waals surface area contributed by atoms with Crippen LogP contribution < -0.4 is 0 Å². The minimum Gasteiger partial charge on any atom is -0.458 e. The van der Waals surface area contributed by atoms with E-state index in [-0.39, 0.29) is 24.1 Å². The highest BCUT2D eigenvalue weighted by Gasteiger charge is 2.39. The average Bonchev–Trinajstić information content (AvgIpc) is 3.24. The largest absolute Gasteiger partial charge is 0.458 e. The molecule has 2 atom stereocenters. The van der Waals surface area contributed by atoms with Crippen LogP contribution in [0.25, 0.3) is 0 Å². The van der Waals surface area contributed by atoms with Gasteiger partial charge in [-0.1, -0.05) is 25.0 Å². The molecular weight excluding hydrogens is 324 g/mol. The first kappa shape index (κ1) is 17.4. The van der Waals surface area contributed by atoms with Crippen LogP contribution in [0.15, 0.2) is 24.3 Å². The zero-order valence-corrected chi connectivity index (χ0v) is 14.2. The van der Waals surface area contributed by atoms with E-state index in [9.17, 15) is 19.7 Å². The van der Waals surface area contributed by atoms with Crippen LogP contribution in [-0.2, 0) is 14.3 Å². The van der Waals surface area contributed by atoms with Gasteiger partial charge in [-0.2, -0.15) is 0 Å². The molecule has 0 radical (unpaired) electrons. The quantitative estimate of drug-likeness (QED) is 0.464. The number of amides is 1. The zero-order valence-electron chi connectivity index (χ0n) is 14.2. The monoisotopic (exact) mass is 346 g/mol. The lowest BCUT2D eigenvalue weighted by Gasteiger charge is -2.24. The van der Waals surface area contributed by atoms with E-state index in [1.807, 2.05) is 4.90 Å². The van der Waals surface area contributed by atoms with Gasteiger partial charge in [0.05, 0.1) is 10.8 Å². The molecule has 0 unspecified atom stereocenters. The molecule has 25 heavy (non-hydrogen) atoms. The Bertz CT molecular complexity index is 684. The minimum atomic E-state index is -0.594. The summed E-state index contributed by atoms with van der Waals surface area (Å²) in [6, 6.07) is 6.32. The van der Waals surface area contributed by atoms with Crippen molar-refractivity contribution in [1.29, 1.82) is 0 Å². The molecule has 0 aromatic heterocycles. The van der Waals surface area contributed by atoms with Crippen molar-refractivity contribution in [2.75, 3.05) is 6.54 Å². The Labute approximate surface area is 146 Å². The predicted molar refractivity (Wildman–Crippen MR) is 89.7 cm³/mol. The molecule has 2 fully saturated rings. The molecule has 1 heterocycles. The van der Waals surface area contributed by atoms with Gasteiger partial charge in [-0.25, -0.2) is 0 Å². The fourth-order valence-corrected chi connectivity index (χ4v) is 3.69. The lowest BCUT2D eigenvalue weighted by molar-refractivity contribution is -0.385. The third-order valence-corrected chi connectivity index (χ3v) is 5.10. The molecule has 0 N–H and O–H groups in total. The maximum atomic E-state index is 12.4. The predicted octanol–water partition coefficient (Wildman–Crippen LogP) is 2.99. The second-order valence-electron chi connectivity index (χ2n) is 6.82. The molecule has 134 valence electrons. The molecule has 1 amide bonds. The minimum absolute atomic E-state index is 0.0249. The number of nitro groups is 1. The number of carbonyl (C=O) groups is 2. The van der Waals surface area contributed by atoms with Gasteiger partial charge in [0.2, 0.25) is 5.91 Å². The van der Waals surface area contributed by atoms with Crippen LogP contribution in [0.5, 0.6) is 0 Å². The molecule has 1 aromatic carbocycles. The fourth-order valence-electron chi connectivity index (χ4n) is 3.69. The number of nitrogens with zero attached hydrogens (tertiary/aromatic N) is 2. The third-order valence-electron chi connectivity index (χ3n) is 5.10. The first-order valence-electron chi connectivity index (χ1n) is 8.70. The number of likely N-dealkylation sites (tertiary alicyclic amines) is 1. The van der Waals surface area contributed by atoms with Gasteiger partial charge in [-0.15, -0.1) is 0 Å². The van der Waals surface area contributed by atoms with Crippen LogP contribution in [0, 0.1) is 16.0 Å². The topological polar surface area (TPSA) is 89.8 Å². The van der Waals surface area contributed by atoms with E-state index >= 15 is 0 Å². The normalized spacial score (nSPS) is 22.2. The van der Waals surface area contributed by atoms with Crippen LogP contribution >= 0.6 is 0 Å². The van der Waals surface area contributed by atoms with E-state index in [2.05, 4.69) is 0 Å². The van der Waals surface area contributed by atoms with Gasteiger partial charge in [-0.05, 0) is 25.3 Å². The molecule has 3 rings (SSSR count). The Kier molecular flexibility index (Phi) is 5.01. The molecule has 1 aliphatic heterocycles. The molecule has 1 aliphatic carbocycles. The van der Waals surface area contributed by atoms with Crippen molar-refractivity contribution in [1.82, 2.24) is 4.90 Å². The summed E-state index contributed by atoms with van der Waals surface area (Å²) in [6.45, 7) is 2.10. The summed E-state index contributed by atoms with van der Waals surface area (Å²) < 4.78 is 5.47. The smallest absolute Gasteiger partial charge is 0.311 e. The SMILES string of the molecule is C[C@@H](OC(=O)[C@@H]1CC(=O)N(C2CCCC2)C1)c1cccc([N+](=O)[O-])c1. The maximum Gasteiger partial charge on any atom is 0.311 e. The highest BCUT2D eigenvalue weighted by molar-refractivity contribution is 5.87. The summed E-state index contributed by atoms with van der Waals surface area (Å²) in [7, 11) is 0. The van der Waals surface area contributed by atoms with Crippen LogP contribution in [0.4, 0.5) is 5.69 Å². The molecule has 7 nitrogen and oxygen atoms in total. The molecule has 2 aliphatic rings. The number of hydrogen-bond acceptors (Lipinski definition) is 5. The van der Waals surface area contributed by atoms with Gasteiger partial charge in [0.25, 0.3) is 5.69 Å². The summed E-state index contributed by atoms with van der Waals surface area (Å²) >= 11 is 0. The first-order chi connectivity index (χ1) is 12.0. The Morgan fingerprint density at radius 1 is 1.36 bits per heavy atom. The van der Waals surface area contributed by atoms with Crippen LogP contribution in [0.2, 0.25) is 0 Å². The number of nitro benzene ring substituents is 1. The number of hydrogen-bond donors (Lipinski definition) is 0. The molecule has 7 heteroatoms. The summed E-state index contributed by atoms with van der Waals surface area (Å²) in [4.78, 5) is 36.8. The fraction of sp³-hybridized carbons (Fsp3) is 0.556. The van der Waals surface area contributed by atoms with Crippen LogP contribution in [-0.4, -0.2) is 34.3 Å². The van der Waals surface area contributed by atoms with Crippen LogP contribution in [0.1, 0.15) is 50.7 Å². The number of non-ortho nitro benzene ring substituents is 1. The summed E-state index contributed by atoms with van der Waals surface area (Å²) in [6.07, 6.45) is 3.88. The third kappa shape index (κ3) is 3.81. The Morgan fingerprint density at radius 3 is 2.76 bits per heavy atom. The van der Waals surface area contributed by atoms with E-state index in [0.717, 1.165) is 25.7 Å². The number of rotatable bonds is 5. The van der Waals surface area contributed by atoms with Gasteiger partial charge in [-0.3, -0.25) is 19.7 Å². The Balaban J connectivity index is 1.61. The number of carbonyl (C=O) groups excluding carboxylic acids is 2. The number of ether oxygens (including phenoxy) is 1. The highest BCUT2D eigenvalue weighted by Crippen LogP contribution is 2.31. The van der Waals surface area contributed by atoms with E-state index in [1.54, 1.807) is 19.1 Å². The number of esters is 1. The van der Waals surface area contributed by atoms with Crippen molar-refractivity contribution in [3.05, 3.63) is 39.9 Å². The van der Waals surface area contributed by atoms with Gasteiger partial charge in [0.1, 0.15) is 6.10 Å². The molecule has 0 spiro atoms. The molecule has 0 bridgehead atoms. The second kappa shape index (κ2) is 7.21. The summed E-state index contributed by atoms with van der Waals surface area (Å²) in [5, 5.41) is 10.9. The number of benzene rings is 1. The zero-order chi connectivity index (χ0) is 18.0. The second-order valence-corrected chi connectivity index (χ2v) is 6.82. The first-order valence-corrected chi connectivity index (χ1v) is 8.70. The van der Waals surface area contributed by atoms with E-state index in [4.69, 9.17) is 4.74 Å². The summed E-state index contributed by atoms with van der Waals surface area (Å²) in [5.74, 6) is -0.834. The van der Waals surface area contributed by atoms with Crippen molar-refractivity contribution >= 4 is 17.6 Å². The summed E-state index contributed by atoms with van der Waals surface area (Å²) in [5.41, 5.74) is 0.531. The Hall–Kier alpha value is -2.44. The van der Waals surface area contributed by atoms with Gasteiger partial charge in [0.15, 0.2) is 0 Å². The van der Waals surface area contributed by atoms with Gasteiger partial charge in [0, 0.05) is 31.1 Å². The van der Waals surface area contributed by atoms with E-state index in [0.29, 0.717) is 12.1 Å². The standard InChI is InChI=1S/C18H22N2O5/c1-12(13-5-4-8-16(9-13)20(23)24)25-18(22)14-10-17(21)19(11-14)15-6-2-3-7-15/h4-5,8-9,12,14-15H,2-3,6-7,10-11H2,1H3/t12-,14-/m1/s1. The van der Waals surface area contributed by atoms with Crippen molar-refractivity contribution in [3.63, 3.8) is 0 Å². The maximum absolute atomic E-state index is 12.4. The van der Waals surface area contributed by atoms with Crippen LogP contribution in [0.3, 0.4) is 0 Å². The molecular formula is C18H22N2O5. The molecule has 1 saturated carbocycles. The molecule has 1 saturated heterocycles. The lowest BCUT2D eigenvalue weighted by Crippen LogP contribution is -2.35. The van der Waals surface area contributed by atoms with Crippen molar-refractivity contribution in [3.8, 4) is 0 Å². The van der Waals surface area contributed by atoms with E-state index < -0.39 is 22.9 Å². The molecule has 1 aromatic rings. The van der Waals surface area contributed by atoms with Crippen molar-refractivity contribution in [2.45, 2.75) is 51.2 Å². The van der Waals surface area contributed by atoms with Gasteiger partial charge < -0.3 is 9.64 Å². The van der Waals surface area contributed by atoms with Crippen molar-refractivity contribution < 1.29 is 19.2 Å². The van der Waals surface area contributed by atoms with Gasteiger partial charge >= 0.3 is 5.97 Å². The highest BCUT2D eigenvalue weighted by atomic mass is 16.6.